The molecule has 2 aromatic rings. The van der Waals surface area contributed by atoms with Crippen molar-refractivity contribution in [1.82, 2.24) is 4.98 Å². The number of hydrogen-bond acceptors (Lipinski definition) is 4. The zero-order valence-electron chi connectivity index (χ0n) is 9.61. The lowest BCUT2D eigenvalue weighted by atomic mass is 10.0. The Morgan fingerprint density at radius 3 is 2.83 bits per heavy atom. The Morgan fingerprint density at radius 1 is 1.33 bits per heavy atom. The number of carboxylic acid groups (broad SMARTS) is 1. The van der Waals surface area contributed by atoms with Crippen LogP contribution in [0.25, 0.3) is 10.8 Å². The van der Waals surface area contributed by atoms with Crippen molar-refractivity contribution in [3.8, 4) is 0 Å². The topological polar surface area (TPSA) is 79.7 Å². The Morgan fingerprint density at radius 2 is 2.11 bits per heavy atom. The number of aliphatic hydroxyl groups is 1. The Balaban J connectivity index is 2.46. The van der Waals surface area contributed by atoms with Crippen LogP contribution in [0.2, 0.25) is 0 Å². The van der Waals surface area contributed by atoms with Gasteiger partial charge in [-0.05, 0) is 5.39 Å². The van der Waals surface area contributed by atoms with Gasteiger partial charge >= 0.3 is 5.97 Å². The van der Waals surface area contributed by atoms with E-state index in [1.165, 1.54) is 6.20 Å². The Labute approximate surface area is 104 Å². The van der Waals surface area contributed by atoms with E-state index in [0.717, 1.165) is 10.8 Å². The van der Waals surface area contributed by atoms with Crippen molar-refractivity contribution in [2.24, 2.45) is 0 Å². The number of aromatic nitrogens is 1. The lowest BCUT2D eigenvalue weighted by molar-refractivity contribution is -0.151. The summed E-state index contributed by atoms with van der Waals surface area (Å²) >= 11 is 0. The molecule has 0 fully saturated rings. The molecule has 1 unspecified atom stereocenters. The SMILES string of the molecule is O=C(O)C(OCCO)c1cncc2ccccc12. The normalized spacial score (nSPS) is 12.5. The van der Waals surface area contributed by atoms with Gasteiger partial charge in [0.1, 0.15) is 0 Å². The van der Waals surface area contributed by atoms with Gasteiger partial charge in [0.25, 0.3) is 0 Å². The third-order valence-corrected chi connectivity index (χ3v) is 2.58. The van der Waals surface area contributed by atoms with E-state index in [0.29, 0.717) is 5.56 Å². The number of carboxylic acids is 1. The number of fused-ring (bicyclic) bond motifs is 1. The molecule has 18 heavy (non-hydrogen) atoms. The molecular weight excluding hydrogens is 234 g/mol. The first-order chi connectivity index (χ1) is 8.74. The number of pyridine rings is 1. The van der Waals surface area contributed by atoms with Gasteiger partial charge in [-0.25, -0.2) is 4.79 Å². The highest BCUT2D eigenvalue weighted by atomic mass is 16.5. The van der Waals surface area contributed by atoms with Crippen molar-refractivity contribution in [3.63, 3.8) is 0 Å². The average Bonchev–Trinajstić information content (AvgIpc) is 2.39. The molecule has 0 saturated carbocycles. The predicted molar refractivity (Wildman–Crippen MR) is 65.2 cm³/mol. The number of nitrogens with zero attached hydrogens (tertiary/aromatic N) is 1. The maximum absolute atomic E-state index is 11.2. The summed E-state index contributed by atoms with van der Waals surface area (Å²) in [6, 6.07) is 7.37. The van der Waals surface area contributed by atoms with Crippen LogP contribution in [-0.4, -0.2) is 34.4 Å². The standard InChI is InChI=1S/C13H13NO4/c15-5-6-18-12(13(16)17)11-8-14-7-9-3-1-2-4-10(9)11/h1-4,7-8,12,15H,5-6H2,(H,16,17). The number of ether oxygens (including phenoxy) is 1. The second-order valence-electron chi connectivity index (χ2n) is 3.76. The van der Waals surface area contributed by atoms with E-state index >= 15 is 0 Å². The molecule has 2 N–H and O–H groups in total. The van der Waals surface area contributed by atoms with Gasteiger partial charge in [0.15, 0.2) is 6.10 Å². The first-order valence-electron chi connectivity index (χ1n) is 5.52. The molecule has 5 heteroatoms. The minimum absolute atomic E-state index is 0.0276. The van der Waals surface area contributed by atoms with Gasteiger partial charge in [-0.1, -0.05) is 24.3 Å². The van der Waals surface area contributed by atoms with Gasteiger partial charge in [-0.2, -0.15) is 0 Å². The van der Waals surface area contributed by atoms with E-state index in [4.69, 9.17) is 9.84 Å². The van der Waals surface area contributed by atoms with Crippen molar-refractivity contribution in [1.29, 1.82) is 0 Å². The van der Waals surface area contributed by atoms with Crippen molar-refractivity contribution >= 4 is 16.7 Å². The molecule has 0 amide bonds. The van der Waals surface area contributed by atoms with Crippen LogP contribution in [-0.2, 0) is 9.53 Å². The Bertz CT molecular complexity index is 550. The highest BCUT2D eigenvalue weighted by Crippen LogP contribution is 2.25. The van der Waals surface area contributed by atoms with Gasteiger partial charge < -0.3 is 14.9 Å². The fourth-order valence-corrected chi connectivity index (χ4v) is 1.81. The van der Waals surface area contributed by atoms with E-state index < -0.39 is 12.1 Å². The molecule has 2 rings (SSSR count). The summed E-state index contributed by atoms with van der Waals surface area (Å²) < 4.78 is 5.16. The van der Waals surface area contributed by atoms with Crippen LogP contribution >= 0.6 is 0 Å². The van der Waals surface area contributed by atoms with Gasteiger partial charge in [0.05, 0.1) is 13.2 Å². The number of aliphatic hydroxyl groups excluding tert-OH is 1. The summed E-state index contributed by atoms with van der Waals surface area (Å²) in [5, 5.41) is 19.5. The fraction of sp³-hybridized carbons (Fsp3) is 0.231. The summed E-state index contributed by atoms with van der Waals surface area (Å²) in [6.07, 6.45) is 2.04. The van der Waals surface area contributed by atoms with Gasteiger partial charge in [0, 0.05) is 23.3 Å². The molecule has 0 radical (unpaired) electrons. The van der Waals surface area contributed by atoms with Gasteiger partial charge in [0.2, 0.25) is 0 Å². The summed E-state index contributed by atoms with van der Waals surface area (Å²) in [4.78, 5) is 15.2. The van der Waals surface area contributed by atoms with Crippen molar-refractivity contribution in [2.45, 2.75) is 6.10 Å². The van der Waals surface area contributed by atoms with Crippen LogP contribution in [0.5, 0.6) is 0 Å². The first-order valence-corrected chi connectivity index (χ1v) is 5.52. The highest BCUT2D eigenvalue weighted by molar-refractivity contribution is 5.89. The first kappa shape index (κ1) is 12.5. The number of hydrogen-bond donors (Lipinski definition) is 2. The second-order valence-corrected chi connectivity index (χ2v) is 3.76. The van der Waals surface area contributed by atoms with E-state index in [1.807, 2.05) is 24.3 Å². The van der Waals surface area contributed by atoms with Crippen LogP contribution in [0, 0.1) is 0 Å². The Hall–Kier alpha value is -1.98. The monoisotopic (exact) mass is 247 g/mol. The molecule has 94 valence electrons. The van der Waals surface area contributed by atoms with E-state index in [-0.39, 0.29) is 13.2 Å². The van der Waals surface area contributed by atoms with Crippen LogP contribution in [0.15, 0.2) is 36.7 Å². The second kappa shape index (κ2) is 5.57. The van der Waals surface area contributed by atoms with Crippen LogP contribution in [0.1, 0.15) is 11.7 Å². The van der Waals surface area contributed by atoms with E-state index in [9.17, 15) is 9.90 Å². The van der Waals surface area contributed by atoms with Crippen molar-refractivity contribution < 1.29 is 19.7 Å². The van der Waals surface area contributed by atoms with Crippen LogP contribution in [0.3, 0.4) is 0 Å². The molecule has 1 aromatic heterocycles. The summed E-state index contributed by atoms with van der Waals surface area (Å²) in [6.45, 7) is -0.248. The lowest BCUT2D eigenvalue weighted by Crippen LogP contribution is -2.17. The largest absolute Gasteiger partial charge is 0.479 e. The van der Waals surface area contributed by atoms with Crippen molar-refractivity contribution in [2.75, 3.05) is 13.2 Å². The zero-order valence-corrected chi connectivity index (χ0v) is 9.61. The molecule has 0 aliphatic heterocycles. The average molecular weight is 247 g/mol. The molecular formula is C13H13NO4. The van der Waals surface area contributed by atoms with Gasteiger partial charge in [-0.3, -0.25) is 4.98 Å². The summed E-state index contributed by atoms with van der Waals surface area (Å²) in [5.41, 5.74) is 0.494. The Kier molecular flexibility index (Phi) is 3.86. The third kappa shape index (κ3) is 2.47. The minimum atomic E-state index is -1.12. The number of rotatable bonds is 5. The molecule has 0 spiro atoms. The number of aliphatic carboxylic acids is 1. The molecule has 0 aliphatic rings. The van der Waals surface area contributed by atoms with Crippen LogP contribution in [0.4, 0.5) is 0 Å². The number of benzene rings is 1. The molecule has 5 nitrogen and oxygen atoms in total. The van der Waals surface area contributed by atoms with E-state index in [1.54, 1.807) is 6.20 Å². The number of carbonyl (C=O) groups is 1. The maximum Gasteiger partial charge on any atom is 0.337 e. The van der Waals surface area contributed by atoms with Crippen LogP contribution < -0.4 is 0 Å². The fourth-order valence-electron chi connectivity index (χ4n) is 1.81. The summed E-state index contributed by atoms with van der Waals surface area (Å²) in [5.74, 6) is -1.10. The molecule has 1 heterocycles. The quantitative estimate of drug-likeness (QED) is 0.834. The zero-order chi connectivity index (χ0) is 13.0. The highest BCUT2D eigenvalue weighted by Gasteiger charge is 2.22. The predicted octanol–water partition coefficient (Wildman–Crippen LogP) is 1.37. The minimum Gasteiger partial charge on any atom is -0.479 e. The molecule has 0 saturated heterocycles. The molecule has 1 atom stereocenters. The lowest BCUT2D eigenvalue weighted by Gasteiger charge is -2.15. The molecule has 1 aromatic carbocycles. The maximum atomic E-state index is 11.2. The third-order valence-electron chi connectivity index (χ3n) is 2.58. The van der Waals surface area contributed by atoms with Gasteiger partial charge in [-0.15, -0.1) is 0 Å². The van der Waals surface area contributed by atoms with E-state index in [2.05, 4.69) is 4.98 Å². The molecule has 0 bridgehead atoms. The van der Waals surface area contributed by atoms with Crippen molar-refractivity contribution in [3.05, 3.63) is 42.2 Å². The smallest absolute Gasteiger partial charge is 0.337 e. The molecule has 0 aliphatic carbocycles. The summed E-state index contributed by atoms with van der Waals surface area (Å²) in [7, 11) is 0.